The first-order valence-electron chi connectivity index (χ1n) is 14.3. The molecule has 4 atom stereocenters. The van der Waals surface area contributed by atoms with Gasteiger partial charge in [0.25, 0.3) is 5.91 Å². The van der Waals surface area contributed by atoms with Gasteiger partial charge in [-0.25, -0.2) is 8.78 Å². The average Bonchev–Trinajstić information content (AvgIpc) is 3.61. The van der Waals surface area contributed by atoms with Crippen molar-refractivity contribution in [1.82, 2.24) is 25.2 Å². The van der Waals surface area contributed by atoms with Crippen LogP contribution in [0.4, 0.5) is 20.7 Å². The van der Waals surface area contributed by atoms with E-state index in [1.807, 2.05) is 4.90 Å². The number of phenolic OH excluding ortho intramolecular Hbond substituents is 1. The van der Waals surface area contributed by atoms with Gasteiger partial charge in [-0.15, -0.1) is 6.42 Å². The van der Waals surface area contributed by atoms with Crippen LogP contribution in [-0.4, -0.2) is 87.4 Å². The fourth-order valence-corrected chi connectivity index (χ4v) is 7.13. The molecule has 4 saturated heterocycles. The number of aromatic nitrogens is 3. The van der Waals surface area contributed by atoms with Crippen LogP contribution in [0.5, 0.6) is 11.8 Å². The van der Waals surface area contributed by atoms with Gasteiger partial charge in [0.2, 0.25) is 11.9 Å². The summed E-state index contributed by atoms with van der Waals surface area (Å²) in [6.45, 7) is 2.83. The lowest BCUT2D eigenvalue weighted by Crippen LogP contribution is -2.51. The first-order valence-corrected chi connectivity index (χ1v) is 14.3. The molecule has 2 bridgehead atoms. The predicted molar refractivity (Wildman–Crippen MR) is 152 cm³/mol. The Bertz CT molecular complexity index is 1600. The number of carbonyl (C=O) groups is 1. The molecule has 0 saturated carbocycles. The van der Waals surface area contributed by atoms with Crippen molar-refractivity contribution < 1.29 is 23.4 Å². The summed E-state index contributed by atoms with van der Waals surface area (Å²) in [5.74, 6) is 1.10. The number of carbonyl (C=O) groups excluding carboxylic acids is 1. The molecule has 4 aliphatic rings. The highest BCUT2D eigenvalue weighted by atomic mass is 19.1. The van der Waals surface area contributed by atoms with Crippen LogP contribution < -0.4 is 20.3 Å². The van der Waals surface area contributed by atoms with E-state index in [9.17, 15) is 18.7 Å². The molecular formula is C30H31F2N7O3. The molecular weight excluding hydrogens is 544 g/mol. The molecule has 4 fully saturated rings. The molecule has 218 valence electrons. The minimum Gasteiger partial charge on any atom is -0.508 e. The van der Waals surface area contributed by atoms with E-state index >= 15 is 0 Å². The van der Waals surface area contributed by atoms with E-state index in [1.54, 1.807) is 0 Å². The van der Waals surface area contributed by atoms with Crippen LogP contribution in [0.25, 0.3) is 10.8 Å². The van der Waals surface area contributed by atoms with E-state index in [2.05, 4.69) is 36.4 Å². The molecule has 12 heteroatoms. The number of fused-ring (bicyclic) bond motifs is 4. The SMILES string of the molecule is C#Cc1c(F)ccc2cc(O)cc(C(=O)Nc3nc(OC[C@@]45CCCN4C[C@H](F)C5)nc(N4C[C@H]5CC[C@@H](C4)N5)n3)c12. The zero-order valence-corrected chi connectivity index (χ0v) is 22.9. The highest BCUT2D eigenvalue weighted by Gasteiger charge is 2.49. The summed E-state index contributed by atoms with van der Waals surface area (Å²) in [4.78, 5) is 31.3. The number of halogens is 2. The average molecular weight is 576 g/mol. The number of terminal acetylenes is 1. The van der Waals surface area contributed by atoms with Gasteiger partial charge in [-0.05, 0) is 55.8 Å². The lowest BCUT2D eigenvalue weighted by atomic mass is 9.95. The monoisotopic (exact) mass is 575 g/mol. The molecule has 1 aromatic heterocycles. The number of hydrogen-bond donors (Lipinski definition) is 3. The standard InChI is InChI=1S/C30H31F2N7O3/c1-2-22-24(32)7-4-17-10-21(40)11-23(25(17)22)26(41)34-27-35-28(38-14-19-5-6-20(15-38)33-19)37-29(36-27)42-16-30-8-3-9-39(30)13-18(31)12-30/h1,4,7,10-11,18-20,33,40H,3,5-6,8-9,12-16H2,(H,34,35,36,37,41)/t18-,19-,20+,30+/m1/s1. The van der Waals surface area contributed by atoms with E-state index in [1.165, 1.54) is 24.3 Å². The summed E-state index contributed by atoms with van der Waals surface area (Å²) >= 11 is 0. The number of aromatic hydroxyl groups is 1. The summed E-state index contributed by atoms with van der Waals surface area (Å²) in [6, 6.07) is 5.93. The maximum atomic E-state index is 14.6. The Morgan fingerprint density at radius 1 is 1.21 bits per heavy atom. The lowest BCUT2D eigenvalue weighted by Gasteiger charge is -2.33. The van der Waals surface area contributed by atoms with E-state index in [4.69, 9.17) is 11.2 Å². The number of phenols is 1. The van der Waals surface area contributed by atoms with Crippen molar-refractivity contribution in [2.75, 3.05) is 43.0 Å². The van der Waals surface area contributed by atoms with Crippen LogP contribution in [0.2, 0.25) is 0 Å². The summed E-state index contributed by atoms with van der Waals surface area (Å²) in [6.07, 6.45) is 9.00. The number of anilines is 2. The Morgan fingerprint density at radius 2 is 2.02 bits per heavy atom. The van der Waals surface area contributed by atoms with Crippen LogP contribution in [-0.2, 0) is 0 Å². The first-order chi connectivity index (χ1) is 20.3. The second-order valence-electron chi connectivity index (χ2n) is 11.8. The number of piperazine rings is 1. The van der Waals surface area contributed by atoms with Gasteiger partial charge < -0.3 is 20.1 Å². The smallest absolute Gasteiger partial charge is 0.323 e. The fourth-order valence-electron chi connectivity index (χ4n) is 7.13. The Hall–Kier alpha value is -4.08. The summed E-state index contributed by atoms with van der Waals surface area (Å²) in [7, 11) is 0. The number of hydrogen-bond acceptors (Lipinski definition) is 9. The molecule has 5 heterocycles. The van der Waals surface area contributed by atoms with Crippen molar-refractivity contribution in [3.05, 3.63) is 41.2 Å². The second kappa shape index (κ2) is 10.3. The maximum Gasteiger partial charge on any atom is 0.323 e. The Balaban J connectivity index is 1.22. The number of benzene rings is 2. The van der Waals surface area contributed by atoms with Crippen molar-refractivity contribution in [2.24, 2.45) is 0 Å². The maximum absolute atomic E-state index is 14.6. The normalized spacial score (nSPS) is 26.8. The van der Waals surface area contributed by atoms with Gasteiger partial charge in [-0.2, -0.15) is 15.0 Å². The van der Waals surface area contributed by atoms with Crippen LogP contribution in [0.15, 0.2) is 24.3 Å². The molecule has 0 radical (unpaired) electrons. The predicted octanol–water partition coefficient (Wildman–Crippen LogP) is 3.00. The number of nitrogens with one attached hydrogen (secondary N) is 2. The fraction of sp³-hybridized carbons (Fsp3) is 0.467. The Labute approximate surface area is 241 Å². The van der Waals surface area contributed by atoms with Crippen LogP contribution >= 0.6 is 0 Å². The van der Waals surface area contributed by atoms with Crippen LogP contribution in [0.1, 0.15) is 48.0 Å². The highest BCUT2D eigenvalue weighted by Crippen LogP contribution is 2.40. The molecule has 0 unspecified atom stereocenters. The van der Waals surface area contributed by atoms with Crippen molar-refractivity contribution in [1.29, 1.82) is 0 Å². The topological polar surface area (TPSA) is 116 Å². The van der Waals surface area contributed by atoms with Gasteiger partial charge in [-0.3, -0.25) is 15.0 Å². The lowest BCUT2D eigenvalue weighted by molar-refractivity contribution is 0.102. The van der Waals surface area contributed by atoms with Gasteiger partial charge in [0.1, 0.15) is 24.3 Å². The number of rotatable bonds is 6. The van der Waals surface area contributed by atoms with Crippen molar-refractivity contribution in [3.63, 3.8) is 0 Å². The van der Waals surface area contributed by atoms with Crippen molar-refractivity contribution >= 4 is 28.6 Å². The van der Waals surface area contributed by atoms with E-state index in [0.717, 1.165) is 32.2 Å². The molecule has 0 aliphatic carbocycles. The van der Waals surface area contributed by atoms with Gasteiger partial charge in [0, 0.05) is 43.5 Å². The minimum absolute atomic E-state index is 0.0254. The van der Waals surface area contributed by atoms with E-state index in [-0.39, 0.29) is 40.8 Å². The van der Waals surface area contributed by atoms with E-state index < -0.39 is 23.4 Å². The molecule has 4 aliphatic heterocycles. The second-order valence-corrected chi connectivity index (χ2v) is 11.8. The molecule has 7 rings (SSSR count). The van der Waals surface area contributed by atoms with E-state index in [0.29, 0.717) is 49.5 Å². The molecule has 0 spiro atoms. The summed E-state index contributed by atoms with van der Waals surface area (Å²) < 4.78 is 35.0. The number of ether oxygens (including phenoxy) is 1. The zero-order chi connectivity index (χ0) is 29.0. The highest BCUT2D eigenvalue weighted by molar-refractivity contribution is 6.14. The minimum atomic E-state index is -0.899. The number of nitrogens with zero attached hydrogens (tertiary/aromatic N) is 5. The Kier molecular flexibility index (Phi) is 6.59. The summed E-state index contributed by atoms with van der Waals surface area (Å²) in [5, 5.41) is 17.2. The van der Waals surface area contributed by atoms with Crippen molar-refractivity contribution in [2.45, 2.75) is 55.9 Å². The quantitative estimate of drug-likeness (QED) is 0.382. The third-order valence-electron chi connectivity index (χ3n) is 9.00. The van der Waals surface area contributed by atoms with Gasteiger partial charge in [0.05, 0.1) is 16.7 Å². The third-order valence-corrected chi connectivity index (χ3v) is 9.00. The molecule has 3 aromatic rings. The molecule has 2 aromatic carbocycles. The van der Waals surface area contributed by atoms with Crippen LogP contribution in [0.3, 0.4) is 0 Å². The molecule has 3 N–H and O–H groups in total. The number of amides is 1. The molecule has 10 nitrogen and oxygen atoms in total. The molecule has 42 heavy (non-hydrogen) atoms. The Morgan fingerprint density at radius 3 is 2.81 bits per heavy atom. The van der Waals surface area contributed by atoms with Crippen LogP contribution in [0, 0.1) is 18.2 Å². The number of alkyl halides is 1. The van der Waals surface area contributed by atoms with Gasteiger partial charge >= 0.3 is 6.01 Å². The third kappa shape index (κ3) is 4.76. The molecule has 1 amide bonds. The van der Waals surface area contributed by atoms with Crippen molar-refractivity contribution in [3.8, 4) is 24.1 Å². The largest absolute Gasteiger partial charge is 0.508 e. The first kappa shape index (κ1) is 26.8. The zero-order valence-electron chi connectivity index (χ0n) is 22.9. The van der Waals surface area contributed by atoms with Gasteiger partial charge in [0.15, 0.2) is 0 Å². The summed E-state index contributed by atoms with van der Waals surface area (Å²) in [5.41, 5.74) is -0.514. The van der Waals surface area contributed by atoms with Gasteiger partial charge in [-0.1, -0.05) is 12.0 Å².